The van der Waals surface area contributed by atoms with Crippen molar-refractivity contribution in [2.45, 2.75) is 38.0 Å². The fourth-order valence-corrected chi connectivity index (χ4v) is 5.41. The van der Waals surface area contributed by atoms with E-state index in [9.17, 15) is 14.4 Å². The van der Waals surface area contributed by atoms with E-state index in [4.69, 9.17) is 0 Å². The maximum Gasteiger partial charge on any atom is 0.324 e. The van der Waals surface area contributed by atoms with Gasteiger partial charge in [-0.2, -0.15) is 0 Å². The summed E-state index contributed by atoms with van der Waals surface area (Å²) in [6, 6.07) is 18.3. The molecule has 0 saturated carbocycles. The second-order valence-electron chi connectivity index (χ2n) is 9.59. The van der Waals surface area contributed by atoms with Gasteiger partial charge in [0.15, 0.2) is 0 Å². The molecule has 0 aliphatic carbocycles. The minimum Gasteiger partial charge on any atom is -0.372 e. The van der Waals surface area contributed by atoms with Gasteiger partial charge in [-0.25, -0.2) is 4.79 Å². The van der Waals surface area contributed by atoms with E-state index in [1.807, 2.05) is 52.3 Å². The van der Waals surface area contributed by atoms with Crippen molar-refractivity contribution >= 4 is 29.2 Å². The summed E-state index contributed by atoms with van der Waals surface area (Å²) in [5.41, 5.74) is 3.11. The summed E-state index contributed by atoms with van der Waals surface area (Å²) in [6.07, 6.45) is 4.09. The van der Waals surface area contributed by atoms with Gasteiger partial charge in [-0.05, 0) is 61.4 Å². The highest BCUT2D eigenvalue weighted by Gasteiger charge is 2.31. The number of piperidine rings is 2. The van der Waals surface area contributed by atoms with Crippen molar-refractivity contribution < 1.29 is 14.4 Å². The predicted molar refractivity (Wildman–Crippen MR) is 132 cm³/mol. The quantitative estimate of drug-likeness (QED) is 0.690. The van der Waals surface area contributed by atoms with Gasteiger partial charge >= 0.3 is 6.03 Å². The Morgan fingerprint density at radius 3 is 2.24 bits per heavy atom. The summed E-state index contributed by atoms with van der Waals surface area (Å²) in [4.78, 5) is 43.0. The molecule has 0 radical (unpaired) electrons. The molecule has 5 rings (SSSR count). The predicted octanol–water partition coefficient (Wildman–Crippen LogP) is 3.76. The number of benzene rings is 2. The molecule has 7 heteroatoms. The fraction of sp³-hybridized carbons (Fsp3) is 0.444. The van der Waals surface area contributed by atoms with Crippen LogP contribution in [0.3, 0.4) is 0 Å². The maximum absolute atomic E-state index is 13.1. The van der Waals surface area contributed by atoms with Crippen LogP contribution in [-0.4, -0.2) is 55.5 Å². The van der Waals surface area contributed by atoms with Crippen molar-refractivity contribution in [3.63, 3.8) is 0 Å². The molecule has 178 valence electrons. The zero-order valence-electron chi connectivity index (χ0n) is 19.5. The molecule has 2 aromatic carbocycles. The molecule has 3 aliphatic heterocycles. The normalized spacial score (nSPS) is 22.2. The Balaban J connectivity index is 1.14. The van der Waals surface area contributed by atoms with E-state index in [2.05, 4.69) is 22.3 Å². The average molecular weight is 461 g/mol. The summed E-state index contributed by atoms with van der Waals surface area (Å²) in [5.74, 6) is -0.101. The van der Waals surface area contributed by atoms with Crippen LogP contribution in [0.5, 0.6) is 0 Å². The first-order chi connectivity index (χ1) is 16.6. The number of hydrogen-bond donors (Lipinski definition) is 1. The number of nitrogens with one attached hydrogen (secondary N) is 1. The third kappa shape index (κ3) is 4.79. The zero-order chi connectivity index (χ0) is 23.5. The molecule has 3 fully saturated rings. The van der Waals surface area contributed by atoms with E-state index in [-0.39, 0.29) is 23.8 Å². The van der Waals surface area contributed by atoms with Crippen molar-refractivity contribution in [3.8, 4) is 0 Å². The van der Waals surface area contributed by atoms with Gasteiger partial charge in [0.05, 0.1) is 5.92 Å². The molecule has 3 heterocycles. The topological polar surface area (TPSA) is 73.0 Å². The van der Waals surface area contributed by atoms with Gasteiger partial charge in [0.2, 0.25) is 11.8 Å². The van der Waals surface area contributed by atoms with Crippen LogP contribution in [0.15, 0.2) is 54.6 Å². The largest absolute Gasteiger partial charge is 0.372 e. The number of urea groups is 1. The van der Waals surface area contributed by atoms with Gasteiger partial charge in [0.1, 0.15) is 0 Å². The second kappa shape index (κ2) is 9.87. The standard InChI is InChI=1S/C27H32N4O3/c32-25-12-11-24(26(33)28-25)21-7-9-22(10-8-21)29-17-13-20(14-18-29)19-30-15-4-16-31(27(30)34)23-5-2-1-3-6-23/h1-3,5-10,20,24H,4,11-19H2,(H,28,32,33). The molecule has 1 N–H and O–H groups in total. The van der Waals surface area contributed by atoms with Crippen LogP contribution < -0.4 is 15.1 Å². The summed E-state index contributed by atoms with van der Waals surface area (Å²) in [7, 11) is 0. The molecule has 3 aliphatic rings. The second-order valence-corrected chi connectivity index (χ2v) is 9.59. The van der Waals surface area contributed by atoms with E-state index in [1.165, 1.54) is 5.69 Å². The molecule has 2 aromatic rings. The van der Waals surface area contributed by atoms with Crippen LogP contribution >= 0.6 is 0 Å². The SMILES string of the molecule is O=C1CCC(c2ccc(N3CCC(CN4CCCN(c5ccccc5)C4=O)CC3)cc2)C(=O)N1. The Kier molecular flexibility index (Phi) is 6.52. The summed E-state index contributed by atoms with van der Waals surface area (Å²) in [5, 5.41) is 2.44. The maximum atomic E-state index is 13.1. The van der Waals surface area contributed by atoms with E-state index in [1.54, 1.807) is 0 Å². The Hall–Kier alpha value is -3.35. The molecule has 0 aromatic heterocycles. The molecule has 3 saturated heterocycles. The number of carbonyl (C=O) groups is 3. The van der Waals surface area contributed by atoms with Crippen LogP contribution in [-0.2, 0) is 9.59 Å². The van der Waals surface area contributed by atoms with Gasteiger partial charge in [-0.3, -0.25) is 19.8 Å². The number of carbonyl (C=O) groups excluding carboxylic acids is 3. The highest BCUT2D eigenvalue weighted by molar-refractivity contribution is 6.01. The number of rotatable bonds is 5. The minimum atomic E-state index is -0.241. The molecule has 1 unspecified atom stereocenters. The molecule has 1 atom stereocenters. The van der Waals surface area contributed by atoms with Gasteiger partial charge in [-0.15, -0.1) is 0 Å². The van der Waals surface area contributed by atoms with Crippen LogP contribution in [0, 0.1) is 5.92 Å². The van der Waals surface area contributed by atoms with E-state index < -0.39 is 0 Å². The number of para-hydroxylation sites is 1. The number of hydrogen-bond acceptors (Lipinski definition) is 4. The molecule has 0 spiro atoms. The van der Waals surface area contributed by atoms with Gasteiger partial charge in [0.25, 0.3) is 0 Å². The fourth-order valence-electron chi connectivity index (χ4n) is 5.41. The van der Waals surface area contributed by atoms with Crippen LogP contribution in [0.25, 0.3) is 0 Å². The Morgan fingerprint density at radius 2 is 1.53 bits per heavy atom. The van der Waals surface area contributed by atoms with E-state index in [0.29, 0.717) is 18.8 Å². The summed E-state index contributed by atoms with van der Waals surface area (Å²) >= 11 is 0. The monoisotopic (exact) mass is 460 g/mol. The number of nitrogens with zero attached hydrogens (tertiary/aromatic N) is 3. The van der Waals surface area contributed by atoms with Gasteiger partial charge < -0.3 is 9.80 Å². The first kappa shape index (κ1) is 22.4. The molecule has 7 nitrogen and oxygen atoms in total. The first-order valence-electron chi connectivity index (χ1n) is 12.4. The number of amides is 4. The first-order valence-corrected chi connectivity index (χ1v) is 12.4. The molecule has 34 heavy (non-hydrogen) atoms. The van der Waals surface area contributed by atoms with Crippen LogP contribution in [0.2, 0.25) is 0 Å². The Labute approximate surface area is 200 Å². The third-order valence-corrected chi connectivity index (χ3v) is 7.37. The zero-order valence-corrected chi connectivity index (χ0v) is 19.5. The highest BCUT2D eigenvalue weighted by atomic mass is 16.2. The molecule has 4 amide bonds. The van der Waals surface area contributed by atoms with Crippen molar-refractivity contribution in [1.82, 2.24) is 10.2 Å². The van der Waals surface area contributed by atoms with Gasteiger partial charge in [-0.1, -0.05) is 30.3 Å². The Bertz CT molecular complexity index is 1030. The van der Waals surface area contributed by atoms with E-state index >= 15 is 0 Å². The van der Waals surface area contributed by atoms with Crippen molar-refractivity contribution in [1.29, 1.82) is 0 Å². The molecule has 0 bridgehead atoms. The number of imide groups is 1. The van der Waals surface area contributed by atoms with Crippen molar-refractivity contribution in [3.05, 3.63) is 60.2 Å². The van der Waals surface area contributed by atoms with Crippen molar-refractivity contribution in [2.24, 2.45) is 5.92 Å². The molecular weight excluding hydrogens is 428 g/mol. The van der Waals surface area contributed by atoms with Gasteiger partial charge in [0, 0.05) is 50.5 Å². The average Bonchev–Trinajstić information content (AvgIpc) is 2.87. The Morgan fingerprint density at radius 1 is 0.794 bits per heavy atom. The highest BCUT2D eigenvalue weighted by Crippen LogP contribution is 2.29. The molecular formula is C27H32N4O3. The smallest absolute Gasteiger partial charge is 0.324 e. The lowest BCUT2D eigenvalue weighted by Crippen LogP contribution is -2.51. The third-order valence-electron chi connectivity index (χ3n) is 7.37. The minimum absolute atomic E-state index is 0.129. The van der Waals surface area contributed by atoms with Crippen molar-refractivity contribution in [2.75, 3.05) is 42.5 Å². The van der Waals surface area contributed by atoms with Crippen LogP contribution in [0.4, 0.5) is 16.2 Å². The summed E-state index contributed by atoms with van der Waals surface area (Å²) < 4.78 is 0. The lowest BCUT2D eigenvalue weighted by molar-refractivity contribution is -0.134. The number of anilines is 2. The lowest BCUT2D eigenvalue weighted by atomic mass is 9.90. The lowest BCUT2D eigenvalue weighted by Gasteiger charge is -2.40. The van der Waals surface area contributed by atoms with E-state index in [0.717, 1.165) is 63.2 Å². The van der Waals surface area contributed by atoms with Crippen LogP contribution in [0.1, 0.15) is 43.6 Å². The summed E-state index contributed by atoms with van der Waals surface area (Å²) in [6.45, 7) is 4.38.